The van der Waals surface area contributed by atoms with Crippen LogP contribution in [0.3, 0.4) is 0 Å². The number of aliphatic hydroxyl groups is 1. The van der Waals surface area contributed by atoms with E-state index in [0.29, 0.717) is 24.6 Å². The predicted octanol–water partition coefficient (Wildman–Crippen LogP) is 3.04. The quantitative estimate of drug-likeness (QED) is 0.756. The van der Waals surface area contributed by atoms with Gasteiger partial charge in [-0.25, -0.2) is 5.01 Å². The molecule has 2 aromatic carbocycles. The normalized spacial score (nSPS) is 18.4. The van der Waals surface area contributed by atoms with E-state index in [-0.39, 0.29) is 11.4 Å². The molecule has 164 valence electrons. The maximum atomic E-state index is 12.9. The molecular formula is C21H21F3N4O3. The summed E-state index contributed by atoms with van der Waals surface area (Å²) >= 11 is 0. The summed E-state index contributed by atoms with van der Waals surface area (Å²) in [6, 6.07) is 12.4. The summed E-state index contributed by atoms with van der Waals surface area (Å²) in [5.74, 6) is -0.0879. The van der Waals surface area contributed by atoms with Gasteiger partial charge >= 0.3 is 6.18 Å². The van der Waals surface area contributed by atoms with Gasteiger partial charge in [-0.05, 0) is 36.4 Å². The van der Waals surface area contributed by atoms with Crippen molar-refractivity contribution in [3.05, 3.63) is 77.3 Å². The highest BCUT2D eigenvalue weighted by molar-refractivity contribution is 5.85. The summed E-state index contributed by atoms with van der Waals surface area (Å²) in [6.45, 7) is 2.74. The van der Waals surface area contributed by atoms with Gasteiger partial charge in [-0.3, -0.25) is 5.01 Å². The van der Waals surface area contributed by atoms with Gasteiger partial charge in [-0.1, -0.05) is 18.2 Å². The molecule has 4 N–H and O–H groups in total. The Hall–Kier alpha value is -3.21. The van der Waals surface area contributed by atoms with E-state index in [4.69, 9.17) is 4.74 Å². The lowest BCUT2D eigenvalue weighted by atomic mass is 10.0. The van der Waals surface area contributed by atoms with Crippen LogP contribution in [0.5, 0.6) is 0 Å². The van der Waals surface area contributed by atoms with Gasteiger partial charge in [0.25, 0.3) is 0 Å². The molecule has 1 fully saturated rings. The van der Waals surface area contributed by atoms with E-state index in [9.17, 15) is 18.3 Å². The van der Waals surface area contributed by atoms with Crippen LogP contribution >= 0.6 is 0 Å². The fraction of sp³-hybridized carbons (Fsp3) is 0.238. The van der Waals surface area contributed by atoms with Crippen molar-refractivity contribution in [2.75, 3.05) is 36.3 Å². The molecule has 0 amide bonds. The lowest BCUT2D eigenvalue weighted by molar-refractivity contribution is -0.137. The van der Waals surface area contributed by atoms with E-state index in [1.165, 1.54) is 17.1 Å². The lowest BCUT2D eigenvalue weighted by Crippen LogP contribution is -2.43. The molecule has 3 aliphatic heterocycles. The number of allylic oxidation sites excluding steroid dienone is 1. The second-order valence-electron chi connectivity index (χ2n) is 7.17. The third-order valence-electron chi connectivity index (χ3n) is 5.38. The summed E-state index contributed by atoms with van der Waals surface area (Å²) in [5, 5.41) is 14.0. The fourth-order valence-electron chi connectivity index (χ4n) is 3.87. The first-order valence-corrected chi connectivity index (χ1v) is 9.54. The number of anilines is 2. The third-order valence-corrected chi connectivity index (χ3v) is 5.38. The van der Waals surface area contributed by atoms with Crippen molar-refractivity contribution in [2.45, 2.75) is 6.18 Å². The molecule has 0 aromatic heterocycles. The Morgan fingerprint density at radius 3 is 2.29 bits per heavy atom. The Bertz CT molecular complexity index is 1030. The standard InChI is InChI=1S/C21H19F3N4O2.H2O/c22-21(23,24)14-5-7-15(8-6-14)27-20(29)19-13-18(26-9-11-30-12-10-26)16-3-1-2-4-17(16)28(19)25-27;/h1-8,13,25,29H,9-12H2;1H2. The highest BCUT2D eigenvalue weighted by Gasteiger charge is 2.36. The van der Waals surface area contributed by atoms with Crippen LogP contribution in [0.1, 0.15) is 11.1 Å². The zero-order valence-electron chi connectivity index (χ0n) is 16.4. The van der Waals surface area contributed by atoms with E-state index >= 15 is 0 Å². The summed E-state index contributed by atoms with van der Waals surface area (Å²) < 4.78 is 44.1. The highest BCUT2D eigenvalue weighted by Crippen LogP contribution is 2.41. The number of nitrogens with one attached hydrogen (secondary N) is 1. The molecule has 0 unspecified atom stereocenters. The van der Waals surface area contributed by atoms with Crippen LogP contribution in [-0.4, -0.2) is 41.8 Å². The van der Waals surface area contributed by atoms with E-state index in [1.807, 2.05) is 30.3 Å². The minimum absolute atomic E-state index is 0. The fourth-order valence-corrected chi connectivity index (χ4v) is 3.87. The second kappa shape index (κ2) is 7.80. The van der Waals surface area contributed by atoms with Crippen molar-refractivity contribution >= 4 is 17.1 Å². The number of benzene rings is 2. The maximum Gasteiger partial charge on any atom is 0.416 e. The molecule has 0 atom stereocenters. The van der Waals surface area contributed by atoms with Crippen LogP contribution in [0.15, 0.2) is 66.2 Å². The van der Waals surface area contributed by atoms with Gasteiger partial charge in [0.05, 0.1) is 30.2 Å². The molecule has 1 saturated heterocycles. The Kier molecular flexibility index (Phi) is 5.29. The van der Waals surface area contributed by atoms with Crippen LogP contribution in [0.25, 0.3) is 5.70 Å². The summed E-state index contributed by atoms with van der Waals surface area (Å²) in [4.78, 5) is 2.21. The van der Waals surface area contributed by atoms with Crippen LogP contribution in [0, 0.1) is 0 Å². The molecule has 3 heterocycles. The molecule has 7 nitrogen and oxygen atoms in total. The van der Waals surface area contributed by atoms with Gasteiger partial charge in [0.15, 0.2) is 0 Å². The number of nitrogens with zero attached hydrogens (tertiary/aromatic N) is 3. The van der Waals surface area contributed by atoms with Gasteiger partial charge in [0.1, 0.15) is 5.70 Å². The number of para-hydroxylation sites is 1. The van der Waals surface area contributed by atoms with Crippen molar-refractivity contribution in [2.24, 2.45) is 0 Å². The van der Waals surface area contributed by atoms with E-state index in [0.717, 1.165) is 42.2 Å². The number of hydrogen-bond acceptors (Lipinski definition) is 6. The topological polar surface area (TPSA) is 82.7 Å². The zero-order chi connectivity index (χ0) is 20.9. The first kappa shape index (κ1) is 21.0. The SMILES string of the molecule is O.OC1=C2C=C(N3CCOCC3)c3ccccc3N2NN1c1ccc(C(F)(F)F)cc1. The molecule has 10 heteroatoms. The maximum absolute atomic E-state index is 12.9. The molecule has 31 heavy (non-hydrogen) atoms. The molecule has 0 spiro atoms. The van der Waals surface area contributed by atoms with Crippen molar-refractivity contribution < 1.29 is 28.5 Å². The molecule has 3 aliphatic rings. The monoisotopic (exact) mass is 434 g/mol. The molecular weight excluding hydrogens is 413 g/mol. The Balaban J connectivity index is 0.00000231. The number of aliphatic hydroxyl groups excluding tert-OH is 1. The Morgan fingerprint density at radius 1 is 0.935 bits per heavy atom. The molecule has 0 saturated carbocycles. The van der Waals surface area contributed by atoms with Crippen molar-refractivity contribution in [3.63, 3.8) is 0 Å². The van der Waals surface area contributed by atoms with Crippen molar-refractivity contribution in [1.82, 2.24) is 10.4 Å². The van der Waals surface area contributed by atoms with Gasteiger partial charge in [0.2, 0.25) is 5.88 Å². The van der Waals surface area contributed by atoms with Gasteiger partial charge in [-0.2, -0.15) is 13.2 Å². The summed E-state index contributed by atoms with van der Waals surface area (Å²) in [7, 11) is 0. The average Bonchev–Trinajstić information content (AvgIpc) is 3.10. The molecule has 0 bridgehead atoms. The van der Waals surface area contributed by atoms with Crippen LogP contribution in [-0.2, 0) is 10.9 Å². The van der Waals surface area contributed by atoms with Crippen molar-refractivity contribution in [3.8, 4) is 0 Å². The minimum Gasteiger partial charge on any atom is -0.492 e. The number of halogens is 3. The first-order valence-electron chi connectivity index (χ1n) is 9.54. The lowest BCUT2D eigenvalue weighted by Gasteiger charge is -2.36. The summed E-state index contributed by atoms with van der Waals surface area (Å²) in [6.07, 6.45) is -2.52. The number of ether oxygens (including phenoxy) is 1. The van der Waals surface area contributed by atoms with Gasteiger partial charge in [-0.15, -0.1) is 5.53 Å². The minimum atomic E-state index is -4.41. The van der Waals surface area contributed by atoms with E-state index in [2.05, 4.69) is 10.4 Å². The number of fused-ring (bicyclic) bond motifs is 3. The Labute approximate surface area is 176 Å². The van der Waals surface area contributed by atoms with E-state index in [1.54, 1.807) is 5.01 Å². The van der Waals surface area contributed by atoms with Crippen LogP contribution in [0.4, 0.5) is 24.5 Å². The van der Waals surface area contributed by atoms with Crippen molar-refractivity contribution in [1.29, 1.82) is 0 Å². The van der Waals surface area contributed by atoms with Crippen LogP contribution < -0.4 is 15.6 Å². The predicted molar refractivity (Wildman–Crippen MR) is 110 cm³/mol. The third kappa shape index (κ3) is 3.58. The number of morpholine rings is 1. The average molecular weight is 434 g/mol. The van der Waals surface area contributed by atoms with E-state index < -0.39 is 11.7 Å². The molecule has 2 aromatic rings. The second-order valence-corrected chi connectivity index (χ2v) is 7.17. The van der Waals surface area contributed by atoms with Gasteiger partial charge in [0, 0.05) is 24.4 Å². The molecule has 5 rings (SSSR count). The molecule has 0 aliphatic carbocycles. The zero-order valence-corrected chi connectivity index (χ0v) is 16.4. The van der Waals surface area contributed by atoms with Gasteiger partial charge < -0.3 is 20.2 Å². The smallest absolute Gasteiger partial charge is 0.416 e. The number of hydrogen-bond donors (Lipinski definition) is 2. The van der Waals surface area contributed by atoms with Crippen LogP contribution in [0.2, 0.25) is 0 Å². The number of alkyl halides is 3. The summed E-state index contributed by atoms with van der Waals surface area (Å²) in [5.41, 5.74) is 6.06. The highest BCUT2D eigenvalue weighted by atomic mass is 19.4. The number of rotatable bonds is 2. The largest absolute Gasteiger partial charge is 0.492 e. The molecule has 0 radical (unpaired) electrons. The Morgan fingerprint density at radius 2 is 1.61 bits per heavy atom. The first-order chi connectivity index (χ1) is 14.4. The number of hydrazine groups is 2.